The third-order valence-corrected chi connectivity index (χ3v) is 10.1. The van der Waals surface area contributed by atoms with E-state index in [1.165, 1.54) is 37.3 Å². The van der Waals surface area contributed by atoms with Gasteiger partial charge in [-0.3, -0.25) is 13.9 Å². The number of hydrogen-bond donors (Lipinski definition) is 1. The van der Waals surface area contributed by atoms with Crippen molar-refractivity contribution in [2.75, 3.05) is 25.1 Å². The van der Waals surface area contributed by atoms with Crippen molar-refractivity contribution in [3.8, 4) is 11.5 Å². The second kappa shape index (κ2) is 14.8. The van der Waals surface area contributed by atoms with Crippen LogP contribution < -0.4 is 19.1 Å². The van der Waals surface area contributed by atoms with Gasteiger partial charge in [0.1, 0.15) is 12.6 Å². The van der Waals surface area contributed by atoms with Crippen LogP contribution in [0, 0.1) is 6.92 Å². The number of methoxy groups -OCH3 is 2. The molecule has 1 aliphatic rings. The molecule has 0 unspecified atom stereocenters. The first-order chi connectivity index (χ1) is 21.0. The lowest BCUT2D eigenvalue weighted by molar-refractivity contribution is -0.139. The molecule has 0 heterocycles. The maximum absolute atomic E-state index is 14.2. The van der Waals surface area contributed by atoms with Crippen LogP contribution >= 0.6 is 11.6 Å². The molecule has 0 aromatic heterocycles. The fourth-order valence-electron chi connectivity index (χ4n) is 5.31. The second-order valence-electron chi connectivity index (χ2n) is 11.0. The molecular formula is C33H40ClN3O6S. The Balaban J connectivity index is 1.71. The van der Waals surface area contributed by atoms with Crippen LogP contribution in [0.5, 0.6) is 11.5 Å². The van der Waals surface area contributed by atoms with E-state index in [0.29, 0.717) is 22.0 Å². The van der Waals surface area contributed by atoms with Crippen LogP contribution in [0.25, 0.3) is 0 Å². The quantitative estimate of drug-likeness (QED) is 0.271. The van der Waals surface area contributed by atoms with E-state index in [4.69, 9.17) is 21.1 Å². The summed E-state index contributed by atoms with van der Waals surface area (Å²) in [7, 11) is -1.40. The third-order valence-electron chi connectivity index (χ3n) is 7.96. The van der Waals surface area contributed by atoms with Crippen LogP contribution in [0.2, 0.25) is 5.02 Å². The number of rotatable bonds is 12. The van der Waals surface area contributed by atoms with E-state index in [-0.39, 0.29) is 29.1 Å². The summed E-state index contributed by atoms with van der Waals surface area (Å²) < 4.78 is 40.1. The summed E-state index contributed by atoms with van der Waals surface area (Å²) in [6.45, 7) is 3.02. The monoisotopic (exact) mass is 641 g/mol. The standard InChI is InChI=1S/C33H40ClN3O6S/c1-23-14-16-27(17-15-23)37(44(40,41)28-18-19-30(42-3)31(20-28)43-4)22-32(38)36(21-25-10-8-9-13-29(25)34)24(2)33(39)35-26-11-6-5-7-12-26/h8-10,13-20,24,26H,5-7,11-12,21-22H2,1-4H3,(H,35,39)/t24-/m1/s1. The molecule has 236 valence electrons. The van der Waals surface area contributed by atoms with Gasteiger partial charge in [-0.05, 0) is 62.6 Å². The Kier molecular flexibility index (Phi) is 11.2. The summed E-state index contributed by atoms with van der Waals surface area (Å²) in [5, 5.41) is 3.54. The number of halogens is 1. The van der Waals surface area contributed by atoms with Crippen molar-refractivity contribution in [1.29, 1.82) is 0 Å². The molecule has 2 amide bonds. The molecule has 1 fully saturated rings. The van der Waals surface area contributed by atoms with E-state index in [2.05, 4.69) is 5.32 Å². The number of carbonyl (C=O) groups is 2. The van der Waals surface area contributed by atoms with Gasteiger partial charge in [0.2, 0.25) is 11.8 Å². The van der Waals surface area contributed by atoms with Crippen molar-refractivity contribution in [3.63, 3.8) is 0 Å². The van der Waals surface area contributed by atoms with Crippen molar-refractivity contribution in [1.82, 2.24) is 10.2 Å². The van der Waals surface area contributed by atoms with Crippen molar-refractivity contribution in [2.24, 2.45) is 0 Å². The van der Waals surface area contributed by atoms with E-state index in [1.807, 2.05) is 6.92 Å². The van der Waals surface area contributed by atoms with Crippen LogP contribution in [0.1, 0.15) is 50.2 Å². The Labute approximate surface area is 265 Å². The van der Waals surface area contributed by atoms with Crippen molar-refractivity contribution >= 4 is 39.1 Å². The van der Waals surface area contributed by atoms with Gasteiger partial charge in [-0.15, -0.1) is 0 Å². The highest BCUT2D eigenvalue weighted by Crippen LogP contribution is 2.32. The lowest BCUT2D eigenvalue weighted by atomic mass is 9.95. The fourth-order valence-corrected chi connectivity index (χ4v) is 6.93. The van der Waals surface area contributed by atoms with Crippen LogP contribution in [0.15, 0.2) is 71.6 Å². The molecule has 3 aromatic carbocycles. The highest BCUT2D eigenvalue weighted by Gasteiger charge is 2.34. The minimum absolute atomic E-state index is 0.0237. The fraction of sp³-hybridized carbons (Fsp3) is 0.394. The molecule has 3 aromatic rings. The van der Waals surface area contributed by atoms with Gasteiger partial charge in [0.05, 0.1) is 24.8 Å². The van der Waals surface area contributed by atoms with E-state index >= 15 is 0 Å². The number of nitrogens with one attached hydrogen (secondary N) is 1. The highest BCUT2D eigenvalue weighted by molar-refractivity contribution is 7.92. The summed E-state index contributed by atoms with van der Waals surface area (Å²) >= 11 is 6.47. The zero-order valence-corrected chi connectivity index (χ0v) is 27.2. The van der Waals surface area contributed by atoms with Crippen LogP contribution in [-0.2, 0) is 26.2 Å². The first kappa shape index (κ1) is 33.1. The van der Waals surface area contributed by atoms with E-state index < -0.39 is 28.5 Å². The number of aryl methyl sites for hydroxylation is 1. The molecule has 0 aliphatic heterocycles. The zero-order valence-electron chi connectivity index (χ0n) is 25.6. The maximum atomic E-state index is 14.2. The number of hydrogen-bond acceptors (Lipinski definition) is 6. The molecule has 0 radical (unpaired) electrons. The lowest BCUT2D eigenvalue weighted by Crippen LogP contribution is -2.53. The number of sulfonamides is 1. The Hall–Kier alpha value is -3.76. The molecule has 0 bridgehead atoms. The summed E-state index contributed by atoms with van der Waals surface area (Å²) in [5.41, 5.74) is 1.87. The molecule has 1 atom stereocenters. The van der Waals surface area contributed by atoms with Gasteiger partial charge >= 0.3 is 0 Å². The van der Waals surface area contributed by atoms with Gasteiger partial charge in [-0.1, -0.05) is 66.8 Å². The molecule has 0 spiro atoms. The van der Waals surface area contributed by atoms with E-state index in [9.17, 15) is 18.0 Å². The minimum atomic E-state index is -4.28. The SMILES string of the molecule is COc1ccc(S(=O)(=O)N(CC(=O)N(Cc2ccccc2Cl)[C@H](C)C(=O)NC2CCCCC2)c2ccc(C)cc2)cc1OC. The zero-order chi connectivity index (χ0) is 31.9. The van der Waals surface area contributed by atoms with Crippen LogP contribution in [0.4, 0.5) is 5.69 Å². The Morgan fingerprint density at radius 2 is 1.61 bits per heavy atom. The van der Waals surface area contributed by atoms with Crippen LogP contribution in [-0.4, -0.2) is 58.0 Å². The molecule has 1 N–H and O–H groups in total. The summed E-state index contributed by atoms with van der Waals surface area (Å²) in [6.07, 6.45) is 5.01. The second-order valence-corrected chi connectivity index (χ2v) is 13.3. The molecule has 11 heteroatoms. The van der Waals surface area contributed by atoms with Gasteiger partial charge in [0.25, 0.3) is 10.0 Å². The molecular weight excluding hydrogens is 602 g/mol. The number of ether oxygens (including phenoxy) is 2. The Morgan fingerprint density at radius 1 is 0.955 bits per heavy atom. The average molecular weight is 642 g/mol. The normalized spacial score (nSPS) is 14.4. The van der Waals surface area contributed by atoms with Gasteiger partial charge in [0.15, 0.2) is 11.5 Å². The molecule has 1 saturated carbocycles. The average Bonchev–Trinajstić information content (AvgIpc) is 3.03. The summed E-state index contributed by atoms with van der Waals surface area (Å²) in [4.78, 5) is 29.0. The Morgan fingerprint density at radius 3 is 2.25 bits per heavy atom. The van der Waals surface area contributed by atoms with Gasteiger partial charge in [-0.25, -0.2) is 8.42 Å². The Bertz CT molecular complexity index is 1560. The molecule has 9 nitrogen and oxygen atoms in total. The van der Waals surface area contributed by atoms with E-state index in [1.54, 1.807) is 55.5 Å². The summed E-state index contributed by atoms with van der Waals surface area (Å²) in [6, 6.07) is 17.4. The first-order valence-electron chi connectivity index (χ1n) is 14.7. The topological polar surface area (TPSA) is 105 Å². The van der Waals surface area contributed by atoms with Gasteiger partial charge in [0, 0.05) is 23.7 Å². The van der Waals surface area contributed by atoms with Crippen molar-refractivity contribution in [3.05, 3.63) is 82.9 Å². The van der Waals surface area contributed by atoms with E-state index in [0.717, 1.165) is 42.0 Å². The number of amides is 2. The van der Waals surface area contributed by atoms with Crippen molar-refractivity contribution < 1.29 is 27.5 Å². The lowest BCUT2D eigenvalue weighted by Gasteiger charge is -2.33. The first-order valence-corrected chi connectivity index (χ1v) is 16.5. The van der Waals surface area contributed by atoms with Gasteiger partial charge in [-0.2, -0.15) is 0 Å². The van der Waals surface area contributed by atoms with Gasteiger partial charge < -0.3 is 19.7 Å². The number of carbonyl (C=O) groups excluding carboxylic acids is 2. The maximum Gasteiger partial charge on any atom is 0.264 e. The summed E-state index contributed by atoms with van der Waals surface area (Å²) in [5.74, 6) is -0.243. The smallest absolute Gasteiger partial charge is 0.264 e. The molecule has 0 saturated heterocycles. The third kappa shape index (κ3) is 7.84. The predicted octanol–water partition coefficient (Wildman–Crippen LogP) is 5.73. The molecule has 4 rings (SSSR count). The highest BCUT2D eigenvalue weighted by atomic mass is 35.5. The number of anilines is 1. The predicted molar refractivity (Wildman–Crippen MR) is 172 cm³/mol. The van der Waals surface area contributed by atoms with Crippen LogP contribution in [0.3, 0.4) is 0 Å². The molecule has 1 aliphatic carbocycles. The number of benzene rings is 3. The van der Waals surface area contributed by atoms with Crippen molar-refractivity contribution in [2.45, 2.75) is 69.5 Å². The largest absolute Gasteiger partial charge is 0.493 e. The number of nitrogens with zero attached hydrogens (tertiary/aromatic N) is 2. The molecule has 44 heavy (non-hydrogen) atoms. The minimum Gasteiger partial charge on any atom is -0.493 e.